The van der Waals surface area contributed by atoms with Crippen LogP contribution in [0.15, 0.2) is 36.4 Å². The maximum absolute atomic E-state index is 12.9. The van der Waals surface area contributed by atoms with Crippen molar-refractivity contribution < 1.29 is 17.6 Å². The molecule has 2 heterocycles. The second-order valence-corrected chi connectivity index (χ2v) is 8.56. The lowest BCUT2D eigenvalue weighted by atomic mass is 10.2. The third-order valence-corrected chi connectivity index (χ3v) is 6.43. The molecule has 1 aliphatic heterocycles. The highest BCUT2D eigenvalue weighted by Gasteiger charge is 2.29. The molecule has 116 valence electrons. The Morgan fingerprint density at radius 3 is 2.55 bits per heavy atom. The average Bonchev–Trinajstić information content (AvgIpc) is 3.06. The summed E-state index contributed by atoms with van der Waals surface area (Å²) in [6.45, 7) is 0. The van der Waals surface area contributed by atoms with Crippen molar-refractivity contribution >= 4 is 27.1 Å². The van der Waals surface area contributed by atoms with Crippen molar-refractivity contribution in [2.75, 3.05) is 11.5 Å². The standard InChI is InChI=1S/C15H14FNO3S2/c16-11-3-1-10(2-4-11)13-5-6-14(21-13)15(18)17-12-7-8-22(19,20)9-12/h1-6,12H,7-9H2,(H,17,18)/t12-/m1/s1. The van der Waals surface area contributed by atoms with Crippen molar-refractivity contribution in [1.82, 2.24) is 5.32 Å². The number of amides is 1. The van der Waals surface area contributed by atoms with Crippen LogP contribution in [-0.2, 0) is 9.84 Å². The Morgan fingerprint density at radius 2 is 1.91 bits per heavy atom. The molecule has 3 rings (SSSR count). The second kappa shape index (κ2) is 5.81. The first-order chi connectivity index (χ1) is 10.4. The van der Waals surface area contributed by atoms with Gasteiger partial charge in [0.15, 0.2) is 9.84 Å². The molecule has 0 saturated carbocycles. The van der Waals surface area contributed by atoms with Crippen LogP contribution in [0, 0.1) is 5.82 Å². The van der Waals surface area contributed by atoms with E-state index in [4.69, 9.17) is 0 Å². The predicted octanol–water partition coefficient (Wildman–Crippen LogP) is 2.47. The van der Waals surface area contributed by atoms with Gasteiger partial charge in [0.25, 0.3) is 5.91 Å². The lowest BCUT2D eigenvalue weighted by Crippen LogP contribution is -2.35. The summed E-state index contributed by atoms with van der Waals surface area (Å²) < 4.78 is 35.7. The Bertz CT molecular complexity index is 796. The van der Waals surface area contributed by atoms with Crippen LogP contribution in [0.3, 0.4) is 0 Å². The molecule has 0 unspecified atom stereocenters. The van der Waals surface area contributed by atoms with E-state index >= 15 is 0 Å². The fourth-order valence-corrected chi connectivity index (χ4v) is 4.98. The van der Waals surface area contributed by atoms with Crippen LogP contribution in [0.2, 0.25) is 0 Å². The minimum Gasteiger partial charge on any atom is -0.348 e. The molecule has 1 saturated heterocycles. The van der Waals surface area contributed by atoms with Gasteiger partial charge in [-0.2, -0.15) is 0 Å². The number of benzene rings is 1. The molecular weight excluding hydrogens is 325 g/mol. The highest BCUT2D eigenvalue weighted by Crippen LogP contribution is 2.28. The zero-order valence-corrected chi connectivity index (χ0v) is 13.2. The molecule has 1 N–H and O–H groups in total. The maximum Gasteiger partial charge on any atom is 0.261 e. The number of carbonyl (C=O) groups is 1. The van der Waals surface area contributed by atoms with E-state index in [1.165, 1.54) is 23.5 Å². The van der Waals surface area contributed by atoms with Gasteiger partial charge in [-0.25, -0.2) is 12.8 Å². The number of thiophene rings is 1. The van der Waals surface area contributed by atoms with Crippen LogP contribution in [0.5, 0.6) is 0 Å². The predicted molar refractivity (Wildman–Crippen MR) is 84.2 cm³/mol. The number of nitrogens with one attached hydrogen (secondary N) is 1. The summed E-state index contributed by atoms with van der Waals surface area (Å²) in [4.78, 5) is 13.5. The van der Waals surface area contributed by atoms with Crippen LogP contribution in [0.1, 0.15) is 16.1 Å². The van der Waals surface area contributed by atoms with Gasteiger partial charge in [-0.1, -0.05) is 12.1 Å². The molecule has 1 amide bonds. The Balaban J connectivity index is 1.71. The second-order valence-electron chi connectivity index (χ2n) is 5.24. The SMILES string of the molecule is O=C(N[C@@H]1CCS(=O)(=O)C1)c1ccc(-c2ccc(F)cc2)s1. The first-order valence-corrected chi connectivity index (χ1v) is 9.44. The zero-order chi connectivity index (χ0) is 15.7. The third kappa shape index (κ3) is 3.36. The van der Waals surface area contributed by atoms with E-state index in [2.05, 4.69) is 5.32 Å². The highest BCUT2D eigenvalue weighted by molar-refractivity contribution is 7.91. The zero-order valence-electron chi connectivity index (χ0n) is 11.6. The van der Waals surface area contributed by atoms with Gasteiger partial charge in [0.05, 0.1) is 16.4 Å². The number of sulfone groups is 1. The summed E-state index contributed by atoms with van der Waals surface area (Å²) in [7, 11) is -3.01. The molecule has 0 bridgehead atoms. The Labute approximate surface area is 131 Å². The fourth-order valence-electron chi connectivity index (χ4n) is 2.39. The van der Waals surface area contributed by atoms with Crippen molar-refractivity contribution in [1.29, 1.82) is 0 Å². The van der Waals surface area contributed by atoms with E-state index in [0.29, 0.717) is 11.3 Å². The van der Waals surface area contributed by atoms with Gasteiger partial charge in [0.1, 0.15) is 5.82 Å². The van der Waals surface area contributed by atoms with Crippen molar-refractivity contribution in [2.24, 2.45) is 0 Å². The van der Waals surface area contributed by atoms with E-state index < -0.39 is 9.84 Å². The van der Waals surface area contributed by atoms with E-state index in [9.17, 15) is 17.6 Å². The normalized spacial score (nSPS) is 20.0. The monoisotopic (exact) mass is 339 g/mol. The largest absolute Gasteiger partial charge is 0.348 e. The van der Waals surface area contributed by atoms with Gasteiger partial charge in [0, 0.05) is 10.9 Å². The molecule has 0 spiro atoms. The van der Waals surface area contributed by atoms with E-state index in [-0.39, 0.29) is 29.3 Å². The van der Waals surface area contributed by atoms with Crippen LogP contribution < -0.4 is 5.32 Å². The molecule has 4 nitrogen and oxygen atoms in total. The molecule has 0 aliphatic carbocycles. The summed E-state index contributed by atoms with van der Waals surface area (Å²) in [5.41, 5.74) is 0.842. The molecule has 1 aliphatic rings. The van der Waals surface area contributed by atoms with Gasteiger partial charge in [-0.15, -0.1) is 11.3 Å². The smallest absolute Gasteiger partial charge is 0.261 e. The molecule has 0 radical (unpaired) electrons. The highest BCUT2D eigenvalue weighted by atomic mass is 32.2. The number of carbonyl (C=O) groups excluding carboxylic acids is 1. The number of hydrogen-bond donors (Lipinski definition) is 1. The quantitative estimate of drug-likeness (QED) is 0.934. The van der Waals surface area contributed by atoms with Crippen LogP contribution >= 0.6 is 11.3 Å². The van der Waals surface area contributed by atoms with E-state index in [1.807, 2.05) is 0 Å². The van der Waals surface area contributed by atoms with Gasteiger partial charge in [-0.05, 0) is 36.2 Å². The maximum atomic E-state index is 12.9. The van der Waals surface area contributed by atoms with Crippen LogP contribution in [-0.4, -0.2) is 31.9 Å². The third-order valence-electron chi connectivity index (χ3n) is 3.53. The summed E-state index contributed by atoms with van der Waals surface area (Å²) in [5.74, 6) is -0.431. The molecular formula is C15H14FNO3S2. The van der Waals surface area contributed by atoms with Crippen molar-refractivity contribution in [2.45, 2.75) is 12.5 Å². The van der Waals surface area contributed by atoms with Gasteiger partial charge >= 0.3 is 0 Å². The van der Waals surface area contributed by atoms with Crippen LogP contribution in [0.25, 0.3) is 10.4 Å². The van der Waals surface area contributed by atoms with Crippen LogP contribution in [0.4, 0.5) is 4.39 Å². The summed E-state index contributed by atoms with van der Waals surface area (Å²) in [6, 6.07) is 9.25. The molecule has 1 fully saturated rings. The molecule has 1 aromatic carbocycles. The summed E-state index contributed by atoms with van der Waals surface area (Å²) >= 11 is 1.30. The van der Waals surface area contributed by atoms with Crippen molar-refractivity contribution in [3.8, 4) is 10.4 Å². The Morgan fingerprint density at radius 1 is 1.18 bits per heavy atom. The first kappa shape index (κ1) is 15.2. The molecule has 1 atom stereocenters. The Hall–Kier alpha value is -1.73. The fraction of sp³-hybridized carbons (Fsp3) is 0.267. The average molecular weight is 339 g/mol. The number of hydrogen-bond acceptors (Lipinski definition) is 4. The first-order valence-electron chi connectivity index (χ1n) is 6.80. The van der Waals surface area contributed by atoms with E-state index in [0.717, 1.165) is 10.4 Å². The molecule has 7 heteroatoms. The lowest BCUT2D eigenvalue weighted by Gasteiger charge is -2.09. The number of halogens is 1. The molecule has 22 heavy (non-hydrogen) atoms. The Kier molecular flexibility index (Phi) is 4.01. The van der Waals surface area contributed by atoms with Gasteiger partial charge < -0.3 is 5.32 Å². The summed E-state index contributed by atoms with van der Waals surface area (Å²) in [5, 5.41) is 2.76. The van der Waals surface area contributed by atoms with Crippen molar-refractivity contribution in [3.63, 3.8) is 0 Å². The molecule has 2 aromatic rings. The van der Waals surface area contributed by atoms with Gasteiger partial charge in [-0.3, -0.25) is 4.79 Å². The number of rotatable bonds is 3. The van der Waals surface area contributed by atoms with Crippen molar-refractivity contribution in [3.05, 3.63) is 47.1 Å². The van der Waals surface area contributed by atoms with Gasteiger partial charge in [0.2, 0.25) is 0 Å². The minimum atomic E-state index is -3.01. The molecule has 1 aromatic heterocycles. The summed E-state index contributed by atoms with van der Waals surface area (Å²) in [6.07, 6.45) is 0.463. The van der Waals surface area contributed by atoms with E-state index in [1.54, 1.807) is 24.3 Å². The minimum absolute atomic E-state index is 0.00886. The lowest BCUT2D eigenvalue weighted by molar-refractivity contribution is 0.0945. The topological polar surface area (TPSA) is 63.2 Å².